The standard InChI is InChI=1S/C21H22F4N6O/c1-2-12-8-27-17-16(12)18(30-11-29-17)31-6-5-20(26,10-31)9-28-19(32)13-3-4-15(22)14(7-13)21(23,24)25/h3-4,7-8,11H,2,5-6,9-10,26H2,1H3,(H,28,32)(H,27,29,30)/t20-/m0/s1. The number of carbonyl (C=O) groups is 1. The molecule has 1 aliphatic heterocycles. The number of rotatable bonds is 5. The number of alkyl halides is 3. The van der Waals surface area contributed by atoms with E-state index in [1.807, 2.05) is 18.0 Å². The molecule has 1 atom stereocenters. The third-order valence-corrected chi connectivity index (χ3v) is 5.73. The van der Waals surface area contributed by atoms with Gasteiger partial charge in [-0.3, -0.25) is 4.79 Å². The van der Waals surface area contributed by atoms with Crippen molar-refractivity contribution in [3.8, 4) is 0 Å². The Morgan fingerprint density at radius 3 is 2.84 bits per heavy atom. The fourth-order valence-corrected chi connectivity index (χ4v) is 3.99. The molecule has 170 valence electrons. The Balaban J connectivity index is 1.47. The summed E-state index contributed by atoms with van der Waals surface area (Å²) in [6.45, 7) is 3.07. The summed E-state index contributed by atoms with van der Waals surface area (Å²) in [5.74, 6) is -1.43. The predicted octanol–water partition coefficient (Wildman–Crippen LogP) is 3.02. The van der Waals surface area contributed by atoms with Crippen LogP contribution < -0.4 is 16.0 Å². The normalized spacial score (nSPS) is 19.0. The van der Waals surface area contributed by atoms with Crippen molar-refractivity contribution in [1.29, 1.82) is 0 Å². The van der Waals surface area contributed by atoms with E-state index in [1.165, 1.54) is 6.33 Å². The molecule has 1 aromatic carbocycles. The highest BCUT2D eigenvalue weighted by molar-refractivity contribution is 5.94. The summed E-state index contributed by atoms with van der Waals surface area (Å²) in [6, 6.07) is 2.15. The number of benzene rings is 1. The van der Waals surface area contributed by atoms with Crippen molar-refractivity contribution in [2.45, 2.75) is 31.5 Å². The van der Waals surface area contributed by atoms with Crippen LogP contribution in [0.3, 0.4) is 0 Å². The number of aryl methyl sites for hydroxylation is 1. The smallest absolute Gasteiger partial charge is 0.354 e. The van der Waals surface area contributed by atoms with Crippen molar-refractivity contribution in [3.05, 3.63) is 53.2 Å². The van der Waals surface area contributed by atoms with Crippen LogP contribution in [-0.2, 0) is 12.6 Å². The van der Waals surface area contributed by atoms with Gasteiger partial charge in [-0.25, -0.2) is 14.4 Å². The van der Waals surface area contributed by atoms with Crippen molar-refractivity contribution < 1.29 is 22.4 Å². The van der Waals surface area contributed by atoms with Gasteiger partial charge in [-0.15, -0.1) is 0 Å². The summed E-state index contributed by atoms with van der Waals surface area (Å²) >= 11 is 0. The molecule has 7 nitrogen and oxygen atoms in total. The SMILES string of the molecule is CCc1c[nH]c2ncnc(N3CC[C@](N)(CNC(=O)c4ccc(F)c(C(F)(F)F)c4)C3)c12. The Morgan fingerprint density at radius 1 is 1.34 bits per heavy atom. The van der Waals surface area contributed by atoms with E-state index in [2.05, 4.69) is 20.3 Å². The summed E-state index contributed by atoms with van der Waals surface area (Å²) in [6.07, 6.45) is -0.178. The van der Waals surface area contributed by atoms with Crippen molar-refractivity contribution >= 4 is 22.8 Å². The van der Waals surface area contributed by atoms with Gasteiger partial charge in [0, 0.05) is 31.4 Å². The van der Waals surface area contributed by atoms with Gasteiger partial charge in [0.05, 0.1) is 16.5 Å². The van der Waals surface area contributed by atoms with Crippen LogP contribution >= 0.6 is 0 Å². The molecular weight excluding hydrogens is 428 g/mol. The Kier molecular flexibility index (Phi) is 5.53. The number of halogens is 4. The Labute approximate surface area is 181 Å². The first-order valence-electron chi connectivity index (χ1n) is 10.1. The molecule has 1 aliphatic rings. The largest absolute Gasteiger partial charge is 0.419 e. The van der Waals surface area contributed by atoms with Gasteiger partial charge in [-0.2, -0.15) is 13.2 Å². The third kappa shape index (κ3) is 4.12. The monoisotopic (exact) mass is 450 g/mol. The van der Waals surface area contributed by atoms with E-state index in [9.17, 15) is 22.4 Å². The van der Waals surface area contributed by atoms with Crippen molar-refractivity contribution in [2.24, 2.45) is 5.73 Å². The lowest BCUT2D eigenvalue weighted by molar-refractivity contribution is -0.140. The molecule has 0 radical (unpaired) electrons. The molecule has 0 spiro atoms. The number of nitrogens with zero attached hydrogens (tertiary/aromatic N) is 3. The quantitative estimate of drug-likeness (QED) is 0.519. The minimum absolute atomic E-state index is 0.0447. The average molecular weight is 450 g/mol. The zero-order valence-electron chi connectivity index (χ0n) is 17.3. The topological polar surface area (TPSA) is 99.9 Å². The second-order valence-corrected chi connectivity index (χ2v) is 8.00. The first-order valence-corrected chi connectivity index (χ1v) is 10.1. The number of aromatic nitrogens is 3. The summed E-state index contributed by atoms with van der Waals surface area (Å²) in [7, 11) is 0. The number of fused-ring (bicyclic) bond motifs is 1. The highest BCUT2D eigenvalue weighted by atomic mass is 19.4. The van der Waals surface area contributed by atoms with Gasteiger partial charge in [0.1, 0.15) is 23.6 Å². The summed E-state index contributed by atoms with van der Waals surface area (Å²) in [4.78, 5) is 26.2. The highest BCUT2D eigenvalue weighted by Crippen LogP contribution is 2.33. The zero-order chi connectivity index (χ0) is 23.1. The van der Waals surface area contributed by atoms with Gasteiger partial charge >= 0.3 is 6.18 Å². The van der Waals surface area contributed by atoms with Crippen LogP contribution in [0.4, 0.5) is 23.4 Å². The minimum Gasteiger partial charge on any atom is -0.354 e. The average Bonchev–Trinajstić information content (AvgIpc) is 3.35. The molecule has 4 N–H and O–H groups in total. The van der Waals surface area contributed by atoms with E-state index >= 15 is 0 Å². The Bertz CT molecular complexity index is 1160. The van der Waals surface area contributed by atoms with E-state index in [-0.39, 0.29) is 12.1 Å². The zero-order valence-corrected chi connectivity index (χ0v) is 17.3. The fraction of sp³-hybridized carbons (Fsp3) is 0.381. The number of nitrogens with one attached hydrogen (secondary N) is 2. The lowest BCUT2D eigenvalue weighted by Gasteiger charge is -2.26. The number of hydrogen-bond donors (Lipinski definition) is 3. The molecule has 2 aromatic heterocycles. The lowest BCUT2D eigenvalue weighted by Crippen LogP contribution is -2.52. The van der Waals surface area contributed by atoms with E-state index in [1.54, 1.807) is 0 Å². The van der Waals surface area contributed by atoms with Gasteiger partial charge < -0.3 is 20.9 Å². The lowest BCUT2D eigenvalue weighted by atomic mass is 10.00. The number of anilines is 1. The Morgan fingerprint density at radius 2 is 2.12 bits per heavy atom. The molecule has 1 saturated heterocycles. The van der Waals surface area contributed by atoms with Crippen LogP contribution in [-0.4, -0.2) is 46.0 Å². The maximum absolute atomic E-state index is 13.5. The van der Waals surface area contributed by atoms with Crippen LogP contribution in [0.1, 0.15) is 34.8 Å². The maximum Gasteiger partial charge on any atom is 0.419 e. The molecule has 32 heavy (non-hydrogen) atoms. The van der Waals surface area contributed by atoms with Gasteiger partial charge in [0.25, 0.3) is 5.91 Å². The van der Waals surface area contributed by atoms with E-state index < -0.39 is 29.0 Å². The number of carbonyl (C=O) groups excluding carboxylic acids is 1. The molecule has 4 rings (SSSR count). The molecular formula is C21H22F4N6O. The second-order valence-electron chi connectivity index (χ2n) is 8.00. The van der Waals surface area contributed by atoms with Crippen molar-refractivity contribution in [3.63, 3.8) is 0 Å². The van der Waals surface area contributed by atoms with Crippen LogP contribution in [0.2, 0.25) is 0 Å². The number of amides is 1. The fourth-order valence-electron chi connectivity index (χ4n) is 3.99. The first-order chi connectivity index (χ1) is 15.1. The molecule has 1 amide bonds. The van der Waals surface area contributed by atoms with Gasteiger partial charge in [0.15, 0.2) is 0 Å². The first kappa shape index (κ1) is 22.0. The number of hydrogen-bond acceptors (Lipinski definition) is 5. The molecule has 0 saturated carbocycles. The van der Waals surface area contributed by atoms with Crippen LogP contribution in [0.5, 0.6) is 0 Å². The van der Waals surface area contributed by atoms with Crippen molar-refractivity contribution in [1.82, 2.24) is 20.3 Å². The third-order valence-electron chi connectivity index (χ3n) is 5.73. The summed E-state index contributed by atoms with van der Waals surface area (Å²) in [5, 5.41) is 3.51. The van der Waals surface area contributed by atoms with Gasteiger partial charge in [0.2, 0.25) is 0 Å². The van der Waals surface area contributed by atoms with Gasteiger partial charge in [-0.1, -0.05) is 6.92 Å². The summed E-state index contributed by atoms with van der Waals surface area (Å²) in [5.41, 5.74) is 5.72. The molecule has 1 fully saturated rings. The van der Waals surface area contributed by atoms with Crippen LogP contribution in [0.15, 0.2) is 30.7 Å². The van der Waals surface area contributed by atoms with Crippen LogP contribution in [0.25, 0.3) is 11.0 Å². The Hall–Kier alpha value is -3.21. The number of nitrogens with two attached hydrogens (primary N) is 1. The predicted molar refractivity (Wildman–Crippen MR) is 111 cm³/mol. The van der Waals surface area contributed by atoms with E-state index in [0.717, 1.165) is 34.9 Å². The molecule has 3 aromatic rings. The minimum atomic E-state index is -4.89. The van der Waals surface area contributed by atoms with E-state index in [4.69, 9.17) is 5.73 Å². The van der Waals surface area contributed by atoms with Gasteiger partial charge in [-0.05, 0) is 36.6 Å². The molecule has 0 aliphatic carbocycles. The second kappa shape index (κ2) is 8.05. The van der Waals surface area contributed by atoms with Crippen LogP contribution in [0, 0.1) is 5.82 Å². The molecule has 11 heteroatoms. The molecule has 3 heterocycles. The van der Waals surface area contributed by atoms with Crippen molar-refractivity contribution in [2.75, 3.05) is 24.5 Å². The summed E-state index contributed by atoms with van der Waals surface area (Å²) < 4.78 is 52.2. The maximum atomic E-state index is 13.5. The molecule has 0 bridgehead atoms. The highest BCUT2D eigenvalue weighted by Gasteiger charge is 2.37. The number of aromatic amines is 1. The molecule has 0 unspecified atom stereocenters. The van der Waals surface area contributed by atoms with E-state index in [0.29, 0.717) is 31.6 Å². The number of H-pyrrole nitrogens is 1.